The molecule has 130 valence electrons. The molecule has 2 N–H and O–H groups in total. The molecule has 2 aromatic rings. The number of pyridine rings is 1. The molecule has 0 aliphatic rings. The van der Waals surface area contributed by atoms with E-state index in [1.54, 1.807) is 0 Å². The first-order valence-electron chi connectivity index (χ1n) is 6.32. The van der Waals surface area contributed by atoms with E-state index in [1.807, 2.05) is 0 Å². The Hall–Kier alpha value is -2.36. The van der Waals surface area contributed by atoms with E-state index >= 15 is 0 Å². The Balaban J connectivity index is 2.38. The molecule has 0 aliphatic heterocycles. The summed E-state index contributed by atoms with van der Waals surface area (Å²) in [6, 6.07) is 2.45. The average molecular weight is 354 g/mol. The molecule has 3 nitrogen and oxygen atoms in total. The third-order valence-electron chi connectivity index (χ3n) is 2.98. The molecule has 0 radical (unpaired) electrons. The Morgan fingerprint density at radius 2 is 1.71 bits per heavy atom. The summed E-state index contributed by atoms with van der Waals surface area (Å²) in [5.74, 6) is -2.53. The maximum absolute atomic E-state index is 13.7. The average Bonchev–Trinajstić information content (AvgIpc) is 2.46. The van der Waals surface area contributed by atoms with E-state index in [1.165, 1.54) is 0 Å². The molecular weight excluding hydrogens is 345 g/mol. The second-order valence-electron chi connectivity index (χ2n) is 4.65. The summed E-state index contributed by atoms with van der Waals surface area (Å²) >= 11 is 0. The molecule has 1 aromatic heterocycles. The summed E-state index contributed by atoms with van der Waals surface area (Å²) in [5.41, 5.74) is 3.79. The first-order valence-corrected chi connectivity index (χ1v) is 6.32. The number of nitrogens with two attached hydrogens (primary N) is 1. The number of rotatable bonds is 3. The Kier molecular flexibility index (Phi) is 4.70. The predicted octanol–water partition coefficient (Wildman–Crippen LogP) is 4.19. The molecule has 0 bridgehead atoms. The molecule has 0 aliphatic carbocycles. The van der Waals surface area contributed by atoms with Crippen LogP contribution in [-0.2, 0) is 6.18 Å². The van der Waals surface area contributed by atoms with Gasteiger partial charge in [0, 0.05) is 6.20 Å². The lowest BCUT2D eigenvalue weighted by Gasteiger charge is -2.18. The highest BCUT2D eigenvalue weighted by molar-refractivity contribution is 5.37. The van der Waals surface area contributed by atoms with Gasteiger partial charge in [0.1, 0.15) is 0 Å². The third-order valence-corrected chi connectivity index (χ3v) is 2.98. The van der Waals surface area contributed by atoms with Crippen molar-refractivity contribution < 1.29 is 35.5 Å². The van der Waals surface area contributed by atoms with Crippen molar-refractivity contribution in [3.63, 3.8) is 0 Å². The lowest BCUT2D eigenvalue weighted by molar-refractivity contribution is -0.275. The van der Waals surface area contributed by atoms with Crippen LogP contribution in [0.2, 0.25) is 0 Å². The lowest BCUT2D eigenvalue weighted by Crippen LogP contribution is -2.21. The lowest BCUT2D eigenvalue weighted by atomic mass is 9.99. The zero-order valence-electron chi connectivity index (χ0n) is 11.6. The van der Waals surface area contributed by atoms with Crippen molar-refractivity contribution in [2.24, 2.45) is 5.73 Å². The molecule has 0 saturated carbocycles. The fraction of sp³-hybridized carbons (Fsp3) is 0.214. The van der Waals surface area contributed by atoms with E-state index in [0.29, 0.717) is 12.1 Å². The van der Waals surface area contributed by atoms with E-state index < -0.39 is 41.4 Å². The minimum absolute atomic E-state index is 0.189. The number of nitrogens with zero attached hydrogens (tertiary/aromatic N) is 1. The van der Waals surface area contributed by atoms with E-state index in [4.69, 9.17) is 5.73 Å². The predicted molar refractivity (Wildman–Crippen MR) is 68.4 cm³/mol. The number of halogens is 7. The second-order valence-corrected chi connectivity index (χ2v) is 4.65. The van der Waals surface area contributed by atoms with Crippen molar-refractivity contribution in [1.29, 1.82) is 0 Å². The topological polar surface area (TPSA) is 48.1 Å². The van der Waals surface area contributed by atoms with Crippen LogP contribution in [0, 0.1) is 5.82 Å². The molecule has 0 amide bonds. The fourth-order valence-electron chi connectivity index (χ4n) is 1.98. The summed E-state index contributed by atoms with van der Waals surface area (Å²) in [6.45, 7) is 0. The van der Waals surface area contributed by atoms with Crippen LogP contribution in [-0.4, -0.2) is 11.3 Å². The Morgan fingerprint density at radius 1 is 1.04 bits per heavy atom. The normalized spacial score (nSPS) is 13.7. The van der Waals surface area contributed by atoms with Crippen LogP contribution in [0.1, 0.15) is 22.9 Å². The van der Waals surface area contributed by atoms with Crippen LogP contribution in [0.5, 0.6) is 5.75 Å². The summed E-state index contributed by atoms with van der Waals surface area (Å²) in [6.07, 6.45) is -8.77. The van der Waals surface area contributed by atoms with Gasteiger partial charge in [0.05, 0.1) is 17.3 Å². The van der Waals surface area contributed by atoms with Gasteiger partial charge in [0.2, 0.25) is 0 Å². The van der Waals surface area contributed by atoms with Crippen LogP contribution >= 0.6 is 0 Å². The van der Waals surface area contributed by atoms with Gasteiger partial charge in [-0.05, 0) is 29.8 Å². The molecular formula is C14H9F7N2O. The van der Waals surface area contributed by atoms with Gasteiger partial charge >= 0.3 is 12.5 Å². The highest BCUT2D eigenvalue weighted by atomic mass is 19.4. The minimum atomic E-state index is -5.10. The van der Waals surface area contributed by atoms with Crippen molar-refractivity contribution in [2.45, 2.75) is 18.6 Å². The smallest absolute Gasteiger partial charge is 0.403 e. The second kappa shape index (κ2) is 6.27. The maximum atomic E-state index is 13.7. The Labute approximate surface area is 130 Å². The van der Waals surface area contributed by atoms with Gasteiger partial charge in [-0.3, -0.25) is 4.98 Å². The van der Waals surface area contributed by atoms with Crippen LogP contribution in [0.3, 0.4) is 0 Å². The number of hydrogen-bond donors (Lipinski definition) is 1. The van der Waals surface area contributed by atoms with Crippen LogP contribution in [0.25, 0.3) is 0 Å². The summed E-state index contributed by atoms with van der Waals surface area (Å²) in [5, 5.41) is 0. The molecule has 10 heteroatoms. The maximum Gasteiger partial charge on any atom is 0.573 e. The fourth-order valence-corrected chi connectivity index (χ4v) is 1.98. The van der Waals surface area contributed by atoms with E-state index in [-0.39, 0.29) is 5.56 Å². The van der Waals surface area contributed by atoms with Crippen LogP contribution in [0.15, 0.2) is 36.5 Å². The summed E-state index contributed by atoms with van der Waals surface area (Å²) in [4.78, 5) is 3.55. The zero-order valence-corrected chi connectivity index (χ0v) is 11.6. The summed E-state index contributed by atoms with van der Waals surface area (Å²) < 4.78 is 92.2. The molecule has 1 aromatic carbocycles. The molecule has 1 heterocycles. The first kappa shape index (κ1) is 18.0. The number of alkyl halides is 6. The monoisotopic (exact) mass is 354 g/mol. The first-order chi connectivity index (χ1) is 11.0. The van der Waals surface area contributed by atoms with Gasteiger partial charge in [0.15, 0.2) is 11.6 Å². The quantitative estimate of drug-likeness (QED) is 0.841. The minimum Gasteiger partial charge on any atom is -0.403 e. The van der Waals surface area contributed by atoms with Gasteiger partial charge in [-0.25, -0.2) is 4.39 Å². The van der Waals surface area contributed by atoms with Crippen molar-refractivity contribution in [3.05, 3.63) is 59.2 Å². The SMILES string of the molecule is NC(c1ccc(OC(F)(F)F)c(F)c1)c1ncccc1C(F)(F)F. The highest BCUT2D eigenvalue weighted by Gasteiger charge is 2.36. The van der Waals surface area contributed by atoms with Crippen molar-refractivity contribution in [1.82, 2.24) is 4.98 Å². The molecule has 0 fully saturated rings. The van der Waals surface area contributed by atoms with Crippen molar-refractivity contribution >= 4 is 0 Å². The summed E-state index contributed by atoms with van der Waals surface area (Å²) in [7, 11) is 0. The molecule has 2 rings (SSSR count). The molecule has 1 unspecified atom stereocenters. The van der Waals surface area contributed by atoms with E-state index in [2.05, 4.69) is 9.72 Å². The Bertz CT molecular complexity index is 728. The third kappa shape index (κ3) is 4.13. The standard InChI is InChI=1S/C14H9F7N2O/c15-9-6-7(3-4-10(9)24-14(19,20)21)11(22)12-8(13(16,17)18)2-1-5-23-12/h1-6,11H,22H2. The van der Waals surface area contributed by atoms with Gasteiger partial charge in [0.25, 0.3) is 0 Å². The highest BCUT2D eigenvalue weighted by Crippen LogP contribution is 2.35. The number of aromatic nitrogens is 1. The number of ether oxygens (including phenoxy) is 1. The zero-order chi connectivity index (χ0) is 18.1. The molecule has 0 saturated heterocycles. The van der Waals surface area contributed by atoms with Crippen molar-refractivity contribution in [3.8, 4) is 5.75 Å². The van der Waals surface area contributed by atoms with Crippen LogP contribution < -0.4 is 10.5 Å². The molecule has 0 spiro atoms. The Morgan fingerprint density at radius 3 is 2.25 bits per heavy atom. The van der Waals surface area contributed by atoms with Crippen molar-refractivity contribution in [2.75, 3.05) is 0 Å². The van der Waals surface area contributed by atoms with E-state index in [0.717, 1.165) is 24.4 Å². The molecule has 1 atom stereocenters. The van der Waals surface area contributed by atoms with E-state index in [9.17, 15) is 30.7 Å². The largest absolute Gasteiger partial charge is 0.573 e. The van der Waals surface area contributed by atoms with Gasteiger partial charge in [-0.15, -0.1) is 13.2 Å². The number of hydrogen-bond acceptors (Lipinski definition) is 3. The van der Waals surface area contributed by atoms with Gasteiger partial charge < -0.3 is 10.5 Å². The number of benzene rings is 1. The van der Waals surface area contributed by atoms with Gasteiger partial charge in [-0.1, -0.05) is 6.07 Å². The van der Waals surface area contributed by atoms with Gasteiger partial charge in [-0.2, -0.15) is 13.2 Å². The molecule has 24 heavy (non-hydrogen) atoms. The van der Waals surface area contributed by atoms with Crippen LogP contribution in [0.4, 0.5) is 30.7 Å².